The summed E-state index contributed by atoms with van der Waals surface area (Å²) >= 11 is 0. The second-order valence-electron chi connectivity index (χ2n) is 3.46. The van der Waals surface area contributed by atoms with E-state index in [9.17, 15) is 8.42 Å². The van der Waals surface area contributed by atoms with Gasteiger partial charge in [0, 0.05) is 39.6 Å². The molecule has 2 aromatic rings. The van der Waals surface area contributed by atoms with Crippen molar-refractivity contribution in [2.75, 3.05) is 6.26 Å². The Bertz CT molecular complexity index is 518. The van der Waals surface area contributed by atoms with Gasteiger partial charge in [0.1, 0.15) is 11.5 Å². The van der Waals surface area contributed by atoms with E-state index >= 15 is 0 Å². The molecule has 1 radical (unpaired) electrons. The van der Waals surface area contributed by atoms with Crippen LogP contribution in [0.5, 0.6) is 11.5 Å². The van der Waals surface area contributed by atoms with E-state index in [0.29, 0.717) is 6.26 Å². The Labute approximate surface area is 173 Å². The average molecular weight is 561 g/mol. The van der Waals surface area contributed by atoms with Crippen LogP contribution in [-0.2, 0) is 49.7 Å². The van der Waals surface area contributed by atoms with Crippen LogP contribution >= 0.6 is 0 Å². The summed E-state index contributed by atoms with van der Waals surface area (Å²) in [6.45, 7) is 4.00. The van der Waals surface area contributed by atoms with Crippen molar-refractivity contribution in [2.45, 2.75) is 13.8 Å². The van der Waals surface area contributed by atoms with Gasteiger partial charge in [-0.3, -0.25) is 4.55 Å². The maximum atomic E-state index is 9.19. The molecule has 0 heterocycles. The van der Waals surface area contributed by atoms with Gasteiger partial charge in [-0.2, -0.15) is 8.42 Å². The molecule has 137 valence electrons. The van der Waals surface area contributed by atoms with E-state index in [4.69, 9.17) is 9.29 Å². The van der Waals surface area contributed by atoms with E-state index in [1.54, 1.807) is 0 Å². The van der Waals surface area contributed by atoms with E-state index in [1.165, 1.54) is 0 Å². The molecule has 1 N–H and O–H groups in total. The third-order valence-corrected chi connectivity index (χ3v) is 1.72. The summed E-state index contributed by atoms with van der Waals surface area (Å²) in [5.74, 6) is 1.74. The molecule has 24 heavy (non-hydrogen) atoms. The minimum atomic E-state index is -3.67. The van der Waals surface area contributed by atoms with E-state index in [-0.39, 0.29) is 54.5 Å². The molecule has 0 spiro atoms. The first-order chi connectivity index (χ1) is 9.45. The predicted molar refractivity (Wildman–Crippen MR) is 94.6 cm³/mol. The Morgan fingerprint density at radius 1 is 0.792 bits per heavy atom. The van der Waals surface area contributed by atoms with Gasteiger partial charge in [0.25, 0.3) is 10.1 Å². The third kappa shape index (κ3) is 23.7. The molecule has 4 nitrogen and oxygen atoms in total. The minimum Gasteiger partial charge on any atom is -0.457 e. The van der Waals surface area contributed by atoms with Gasteiger partial charge in [-0.15, -0.1) is 0 Å². The Morgan fingerprint density at radius 2 is 1.00 bits per heavy atom. The molecule has 0 amide bonds. The second-order valence-corrected chi connectivity index (χ2v) is 4.93. The fraction of sp³-hybridized carbons (Fsp3) is 0.176. The molecule has 0 aliphatic carbocycles. The zero-order valence-electron chi connectivity index (χ0n) is 14.7. The molecule has 0 fully saturated rings. The number of ether oxygens (including phenoxy) is 1. The molecule has 7 heteroatoms. The van der Waals surface area contributed by atoms with Crippen LogP contribution in [0.25, 0.3) is 0 Å². The molecule has 2 rings (SSSR count). The molecule has 0 aromatic heterocycles. The SMILES string of the molecule is CC.CS(=O)(=O)O.[CH3-].[CH3-].[V].[W].c1ccc(Oc2ccccc2)cc1. The molecular weight excluding hydrogens is 535 g/mol. The van der Waals surface area contributed by atoms with Crippen LogP contribution < -0.4 is 4.74 Å². The van der Waals surface area contributed by atoms with Crippen LogP contribution in [-0.4, -0.2) is 19.2 Å². The van der Waals surface area contributed by atoms with Crippen molar-refractivity contribution in [2.24, 2.45) is 0 Å². The number of benzene rings is 2. The first-order valence-electron chi connectivity index (χ1n) is 6.15. The van der Waals surface area contributed by atoms with E-state index < -0.39 is 10.1 Å². The van der Waals surface area contributed by atoms with Crippen molar-refractivity contribution in [3.63, 3.8) is 0 Å². The van der Waals surface area contributed by atoms with Crippen molar-refractivity contribution in [1.29, 1.82) is 0 Å². The summed E-state index contributed by atoms with van der Waals surface area (Å²) in [5, 5.41) is 0. The summed E-state index contributed by atoms with van der Waals surface area (Å²) in [7, 11) is -3.67. The number of hydrogen-bond acceptors (Lipinski definition) is 3. The van der Waals surface area contributed by atoms with Gasteiger partial charge in [0.2, 0.25) is 0 Å². The maximum Gasteiger partial charge on any atom is 0.261 e. The van der Waals surface area contributed by atoms with Gasteiger partial charge >= 0.3 is 0 Å². The van der Waals surface area contributed by atoms with Crippen molar-refractivity contribution in [3.05, 3.63) is 75.5 Å². The van der Waals surface area contributed by atoms with E-state index in [0.717, 1.165) is 11.5 Å². The van der Waals surface area contributed by atoms with Crippen LogP contribution in [0.3, 0.4) is 0 Å². The summed E-state index contributed by atoms with van der Waals surface area (Å²) < 4.78 is 31.4. The largest absolute Gasteiger partial charge is 0.457 e. The van der Waals surface area contributed by atoms with Gasteiger partial charge in [-0.05, 0) is 24.3 Å². The summed E-state index contributed by atoms with van der Waals surface area (Å²) in [5.41, 5.74) is 0. The summed E-state index contributed by atoms with van der Waals surface area (Å²) in [6.07, 6.45) is 0.715. The first-order valence-corrected chi connectivity index (χ1v) is 8.00. The number of para-hydroxylation sites is 2. The zero-order valence-corrected chi connectivity index (χ0v) is 19.9. The fourth-order valence-corrected chi connectivity index (χ4v) is 1.11. The molecule has 0 atom stereocenters. The maximum absolute atomic E-state index is 9.19. The van der Waals surface area contributed by atoms with Crippen LogP contribution in [0.4, 0.5) is 0 Å². The Hall–Kier alpha value is -0.577. The van der Waals surface area contributed by atoms with Gasteiger partial charge < -0.3 is 19.6 Å². The smallest absolute Gasteiger partial charge is 0.261 e. The average Bonchev–Trinajstić information content (AvgIpc) is 2.41. The molecule has 0 saturated carbocycles. The standard InChI is InChI=1S/C12H10O.C2H6.CH4O3S.2CH3.V.W/c1-3-7-11(8-4-1)13-12-9-5-2-6-10-12;1-2;1-5(2,3)4;;;;/h1-10H;1-2H3;1H3,(H,2,3,4);2*1H3;;/q;;;2*-1;;. The van der Waals surface area contributed by atoms with Gasteiger partial charge in [0.05, 0.1) is 6.26 Å². The quantitative estimate of drug-likeness (QED) is 0.419. The summed E-state index contributed by atoms with van der Waals surface area (Å²) in [6, 6.07) is 19.5. The fourth-order valence-electron chi connectivity index (χ4n) is 1.11. The van der Waals surface area contributed by atoms with Crippen molar-refractivity contribution < 1.29 is 57.3 Å². The van der Waals surface area contributed by atoms with Gasteiger partial charge in [0.15, 0.2) is 0 Å². The van der Waals surface area contributed by atoms with E-state index in [2.05, 4.69) is 0 Å². The topological polar surface area (TPSA) is 63.6 Å². The van der Waals surface area contributed by atoms with Crippen LogP contribution in [0.2, 0.25) is 0 Å². The van der Waals surface area contributed by atoms with Crippen molar-refractivity contribution in [1.82, 2.24) is 0 Å². The molecular formula is C17H26O4SVW-2. The van der Waals surface area contributed by atoms with Gasteiger partial charge in [-0.25, -0.2) is 0 Å². The van der Waals surface area contributed by atoms with Crippen LogP contribution in [0, 0.1) is 14.9 Å². The normalized spacial score (nSPS) is 7.83. The predicted octanol–water partition coefficient (Wildman–Crippen LogP) is 4.90. The minimum absolute atomic E-state index is 0. The first kappa shape index (κ1) is 34.7. The molecule has 2 aromatic carbocycles. The van der Waals surface area contributed by atoms with Crippen molar-refractivity contribution >= 4 is 10.1 Å². The Morgan fingerprint density at radius 3 is 1.21 bits per heavy atom. The number of hydrogen-bond donors (Lipinski definition) is 1. The third-order valence-electron chi connectivity index (χ3n) is 1.72. The van der Waals surface area contributed by atoms with Crippen molar-refractivity contribution in [3.8, 4) is 11.5 Å². The number of rotatable bonds is 2. The second kappa shape index (κ2) is 20.5. The Balaban J connectivity index is -0.0000000968. The summed E-state index contributed by atoms with van der Waals surface area (Å²) in [4.78, 5) is 0. The molecule has 0 bridgehead atoms. The molecule has 0 saturated heterocycles. The van der Waals surface area contributed by atoms with Crippen LogP contribution in [0.15, 0.2) is 60.7 Å². The zero-order chi connectivity index (χ0) is 15.4. The molecule has 0 aliphatic rings. The Kier molecular flexibility index (Phi) is 29.6. The monoisotopic (exact) mass is 561 g/mol. The molecule has 0 unspecified atom stereocenters. The van der Waals surface area contributed by atoms with E-state index in [1.807, 2.05) is 74.5 Å². The van der Waals surface area contributed by atoms with Crippen LogP contribution in [0.1, 0.15) is 13.8 Å². The molecule has 0 aliphatic heterocycles. The van der Waals surface area contributed by atoms with Gasteiger partial charge in [-0.1, -0.05) is 50.2 Å².